The van der Waals surface area contributed by atoms with E-state index in [4.69, 9.17) is 0 Å². The van der Waals surface area contributed by atoms with E-state index in [-0.39, 0.29) is 0 Å². The third-order valence-corrected chi connectivity index (χ3v) is 3.21. The maximum absolute atomic E-state index is 9.50. The molecular weight excluding hydrogens is 285 g/mol. The topological polar surface area (TPSA) is 15.8 Å². The number of halogens is 1. The SMILES string of the molecule is C=C/C=C(\C=C)c1ccc(C)c(-c2cc(C)c[nH]2)c1.CC.CF. The predicted octanol–water partition coefficient (Wildman–Crippen LogP) is 6.67. The van der Waals surface area contributed by atoms with Gasteiger partial charge in [0, 0.05) is 17.5 Å². The summed E-state index contributed by atoms with van der Waals surface area (Å²) < 4.78 is 9.50. The van der Waals surface area contributed by atoms with E-state index in [1.165, 1.54) is 16.7 Å². The third-order valence-electron chi connectivity index (χ3n) is 3.21. The third kappa shape index (κ3) is 5.74. The van der Waals surface area contributed by atoms with E-state index in [1.54, 1.807) is 6.08 Å². The van der Waals surface area contributed by atoms with E-state index in [0.717, 1.165) is 16.8 Å². The molecule has 2 aromatic rings. The monoisotopic (exact) mass is 313 g/mol. The lowest BCUT2D eigenvalue weighted by Crippen LogP contribution is -1.87. The fourth-order valence-electron chi connectivity index (χ4n) is 2.16. The molecule has 1 nitrogen and oxygen atoms in total. The van der Waals surface area contributed by atoms with Crippen LogP contribution in [-0.2, 0) is 0 Å². The summed E-state index contributed by atoms with van der Waals surface area (Å²) in [6.45, 7) is 15.8. The second-order valence-corrected chi connectivity index (χ2v) is 4.68. The van der Waals surface area contributed by atoms with Gasteiger partial charge in [-0.1, -0.05) is 57.4 Å². The number of hydrogen-bond acceptors (Lipinski definition) is 0. The number of alkyl halides is 1. The second-order valence-electron chi connectivity index (χ2n) is 4.68. The molecule has 23 heavy (non-hydrogen) atoms. The van der Waals surface area contributed by atoms with E-state index in [2.05, 4.69) is 56.3 Å². The molecule has 1 aromatic carbocycles. The van der Waals surface area contributed by atoms with Crippen molar-refractivity contribution in [2.45, 2.75) is 27.7 Å². The highest BCUT2D eigenvalue weighted by atomic mass is 19.1. The first-order valence-electron chi connectivity index (χ1n) is 7.75. The molecule has 0 bridgehead atoms. The molecule has 2 heteroatoms. The molecule has 0 radical (unpaired) electrons. The molecule has 124 valence electrons. The molecule has 1 aromatic heterocycles. The summed E-state index contributed by atoms with van der Waals surface area (Å²) in [6, 6.07) is 8.61. The molecule has 0 aliphatic rings. The van der Waals surface area contributed by atoms with E-state index >= 15 is 0 Å². The second kappa shape index (κ2) is 11.2. The van der Waals surface area contributed by atoms with Gasteiger partial charge < -0.3 is 4.98 Å². The van der Waals surface area contributed by atoms with Crippen molar-refractivity contribution >= 4 is 5.57 Å². The molecule has 1 heterocycles. The van der Waals surface area contributed by atoms with Gasteiger partial charge in [-0.3, -0.25) is 4.39 Å². The van der Waals surface area contributed by atoms with Crippen LogP contribution in [0.25, 0.3) is 16.8 Å². The molecular formula is C21H28FN. The Morgan fingerprint density at radius 2 is 1.74 bits per heavy atom. The number of aromatic amines is 1. The molecule has 0 fully saturated rings. The largest absolute Gasteiger partial charge is 0.361 e. The van der Waals surface area contributed by atoms with Gasteiger partial charge in [-0.2, -0.15) is 0 Å². The molecule has 0 saturated carbocycles. The van der Waals surface area contributed by atoms with Crippen LogP contribution in [-0.4, -0.2) is 12.2 Å². The Kier molecular flexibility index (Phi) is 10.1. The standard InChI is InChI=1S/C18H19N.C2H6.CH3F/c1-5-7-15(6-2)16-9-8-14(4)17(11-16)18-10-13(3)12-19-18;2*1-2/h5-12,19H,1-2H2,3-4H3;1-2H3;1H3/b15-7+;;. The Labute approximate surface area is 140 Å². The molecule has 1 N–H and O–H groups in total. The van der Waals surface area contributed by atoms with Crippen molar-refractivity contribution in [1.82, 2.24) is 4.98 Å². The van der Waals surface area contributed by atoms with E-state index in [9.17, 15) is 4.39 Å². The van der Waals surface area contributed by atoms with Crippen molar-refractivity contribution in [3.63, 3.8) is 0 Å². The van der Waals surface area contributed by atoms with Crippen LogP contribution >= 0.6 is 0 Å². The highest BCUT2D eigenvalue weighted by Crippen LogP contribution is 2.27. The van der Waals surface area contributed by atoms with Crippen LogP contribution in [0.2, 0.25) is 0 Å². The lowest BCUT2D eigenvalue weighted by molar-refractivity contribution is 0.636. The van der Waals surface area contributed by atoms with Crippen LogP contribution in [0.15, 0.2) is 61.8 Å². The Balaban J connectivity index is 0.00000112. The maximum Gasteiger partial charge on any atom is 0.0785 e. The van der Waals surface area contributed by atoms with Crippen LogP contribution in [0.1, 0.15) is 30.5 Å². The van der Waals surface area contributed by atoms with E-state index in [1.807, 2.05) is 32.2 Å². The quantitative estimate of drug-likeness (QED) is 0.607. The Morgan fingerprint density at radius 1 is 1.09 bits per heavy atom. The number of benzene rings is 1. The van der Waals surface area contributed by atoms with Gasteiger partial charge >= 0.3 is 0 Å². The van der Waals surface area contributed by atoms with Gasteiger partial charge in [-0.25, -0.2) is 0 Å². The number of nitrogens with one attached hydrogen (secondary N) is 1. The Hall–Kier alpha value is -2.35. The maximum atomic E-state index is 9.50. The van der Waals surface area contributed by atoms with Crippen molar-refractivity contribution in [1.29, 1.82) is 0 Å². The van der Waals surface area contributed by atoms with Crippen LogP contribution in [0.5, 0.6) is 0 Å². The minimum Gasteiger partial charge on any atom is -0.361 e. The molecule has 0 amide bonds. The van der Waals surface area contributed by atoms with Crippen LogP contribution in [0.3, 0.4) is 0 Å². The van der Waals surface area contributed by atoms with Crippen molar-refractivity contribution in [2.75, 3.05) is 7.18 Å². The Morgan fingerprint density at radius 3 is 2.22 bits per heavy atom. The number of hydrogen-bond donors (Lipinski definition) is 1. The van der Waals surface area contributed by atoms with Gasteiger partial charge in [0.25, 0.3) is 0 Å². The van der Waals surface area contributed by atoms with Gasteiger partial charge in [0.15, 0.2) is 0 Å². The summed E-state index contributed by atoms with van der Waals surface area (Å²) in [5.74, 6) is 0. The zero-order valence-electron chi connectivity index (χ0n) is 14.9. The van der Waals surface area contributed by atoms with Crippen LogP contribution in [0, 0.1) is 13.8 Å². The van der Waals surface area contributed by atoms with Gasteiger partial charge in [0.05, 0.1) is 7.18 Å². The van der Waals surface area contributed by atoms with Gasteiger partial charge in [-0.05, 0) is 48.2 Å². The van der Waals surface area contributed by atoms with Crippen molar-refractivity contribution in [3.8, 4) is 11.3 Å². The molecule has 2 rings (SSSR count). The Bertz CT molecular complexity index is 648. The number of aryl methyl sites for hydroxylation is 2. The number of allylic oxidation sites excluding steroid dienone is 4. The molecule has 0 spiro atoms. The van der Waals surface area contributed by atoms with Gasteiger partial charge in [0.2, 0.25) is 0 Å². The van der Waals surface area contributed by atoms with Gasteiger partial charge in [-0.15, -0.1) is 0 Å². The molecule has 0 atom stereocenters. The van der Waals surface area contributed by atoms with Crippen LogP contribution in [0.4, 0.5) is 4.39 Å². The first-order chi connectivity index (χ1) is 11.2. The number of aromatic nitrogens is 1. The predicted molar refractivity (Wildman–Crippen MR) is 102 cm³/mol. The minimum atomic E-state index is 0.500. The molecule has 0 unspecified atom stereocenters. The molecule has 0 saturated heterocycles. The fourth-order valence-corrected chi connectivity index (χ4v) is 2.16. The highest BCUT2D eigenvalue weighted by Gasteiger charge is 2.06. The molecule has 0 aliphatic carbocycles. The summed E-state index contributed by atoms with van der Waals surface area (Å²) >= 11 is 0. The van der Waals surface area contributed by atoms with E-state index < -0.39 is 0 Å². The summed E-state index contributed by atoms with van der Waals surface area (Å²) in [6.07, 6.45) is 7.64. The highest BCUT2D eigenvalue weighted by molar-refractivity contribution is 5.78. The summed E-state index contributed by atoms with van der Waals surface area (Å²) in [5, 5.41) is 0. The van der Waals surface area contributed by atoms with E-state index in [0.29, 0.717) is 7.18 Å². The lowest BCUT2D eigenvalue weighted by Gasteiger charge is -2.08. The average molecular weight is 313 g/mol. The zero-order valence-corrected chi connectivity index (χ0v) is 14.9. The minimum absolute atomic E-state index is 0.500. The van der Waals surface area contributed by atoms with Crippen molar-refractivity contribution in [2.24, 2.45) is 0 Å². The zero-order chi connectivity index (χ0) is 17.8. The van der Waals surface area contributed by atoms with Crippen molar-refractivity contribution < 1.29 is 4.39 Å². The van der Waals surface area contributed by atoms with Gasteiger partial charge in [0.1, 0.15) is 0 Å². The average Bonchev–Trinajstić information content (AvgIpc) is 3.03. The number of H-pyrrole nitrogens is 1. The molecule has 0 aliphatic heterocycles. The first-order valence-corrected chi connectivity index (χ1v) is 7.75. The summed E-state index contributed by atoms with van der Waals surface area (Å²) in [5.41, 5.74) is 7.11. The summed E-state index contributed by atoms with van der Waals surface area (Å²) in [4.78, 5) is 3.31. The lowest BCUT2D eigenvalue weighted by atomic mass is 9.97. The smallest absolute Gasteiger partial charge is 0.0785 e. The van der Waals surface area contributed by atoms with Crippen LogP contribution < -0.4 is 0 Å². The fraction of sp³-hybridized carbons (Fsp3) is 0.238. The normalized spacial score (nSPS) is 9.91. The number of rotatable bonds is 4. The summed E-state index contributed by atoms with van der Waals surface area (Å²) in [7, 11) is 0.500. The first kappa shape index (κ1) is 20.7. The van der Waals surface area contributed by atoms with Crippen molar-refractivity contribution in [3.05, 3.63) is 78.5 Å².